The third kappa shape index (κ3) is 4.05. The molecule has 0 amide bonds. The van der Waals surface area contributed by atoms with Crippen molar-refractivity contribution in [2.45, 2.75) is 5.75 Å². The molecule has 1 heterocycles. The number of benzene rings is 1. The van der Waals surface area contributed by atoms with Gasteiger partial charge in [0.05, 0.1) is 11.4 Å². The van der Waals surface area contributed by atoms with Crippen LogP contribution >= 0.6 is 44.8 Å². The molecule has 96 valence electrons. The molecule has 0 saturated carbocycles. The maximum atomic E-state index is 5.94. The summed E-state index contributed by atoms with van der Waals surface area (Å²) in [4.78, 5) is 0. The summed E-state index contributed by atoms with van der Waals surface area (Å²) in [5, 5.41) is 4.41. The highest BCUT2D eigenvalue weighted by atomic mass is 35.5. The van der Waals surface area contributed by atoms with Crippen LogP contribution in [-0.2, 0) is 5.75 Å². The van der Waals surface area contributed by atoms with Gasteiger partial charge in [-0.1, -0.05) is 44.8 Å². The van der Waals surface area contributed by atoms with Crippen molar-refractivity contribution < 1.29 is 4.42 Å². The van der Waals surface area contributed by atoms with E-state index in [1.54, 1.807) is 33.9 Å². The Morgan fingerprint density at radius 3 is 2.50 bits per heavy atom. The molecule has 2 nitrogen and oxygen atoms in total. The molecule has 0 fully saturated rings. The van der Waals surface area contributed by atoms with Gasteiger partial charge in [0.1, 0.15) is 12.0 Å². The first kappa shape index (κ1) is 14.0. The second kappa shape index (κ2) is 6.66. The summed E-state index contributed by atoms with van der Waals surface area (Å²) < 4.78 is 5.44. The Labute approximate surface area is 124 Å². The Morgan fingerprint density at radius 2 is 1.83 bits per heavy atom. The predicted molar refractivity (Wildman–Crippen MR) is 83.3 cm³/mol. The first-order chi connectivity index (χ1) is 8.67. The molecule has 0 aliphatic carbocycles. The van der Waals surface area contributed by atoms with Crippen LogP contribution < -0.4 is 5.32 Å². The van der Waals surface area contributed by atoms with Crippen molar-refractivity contribution in [3.63, 3.8) is 0 Å². The SMILES string of the molecule is CSSCc1cc(Nc2cc(Cl)cc(Cl)c2)co1. The molecule has 2 aromatic rings. The Bertz CT molecular complexity index is 510. The van der Waals surface area contributed by atoms with Crippen LogP contribution in [0, 0.1) is 0 Å². The lowest BCUT2D eigenvalue weighted by atomic mass is 10.3. The first-order valence-corrected chi connectivity index (χ1v) is 8.62. The molecule has 0 atom stereocenters. The molecule has 0 radical (unpaired) electrons. The van der Waals surface area contributed by atoms with Gasteiger partial charge in [-0.25, -0.2) is 0 Å². The maximum Gasteiger partial charge on any atom is 0.116 e. The lowest BCUT2D eigenvalue weighted by Gasteiger charge is -2.04. The summed E-state index contributed by atoms with van der Waals surface area (Å²) in [7, 11) is 3.45. The van der Waals surface area contributed by atoms with Crippen molar-refractivity contribution in [2.24, 2.45) is 0 Å². The highest BCUT2D eigenvalue weighted by molar-refractivity contribution is 8.76. The van der Waals surface area contributed by atoms with Gasteiger partial charge >= 0.3 is 0 Å². The van der Waals surface area contributed by atoms with Gasteiger partial charge in [-0.05, 0) is 24.5 Å². The molecule has 1 aromatic heterocycles. The monoisotopic (exact) mass is 319 g/mol. The summed E-state index contributed by atoms with van der Waals surface area (Å²) in [6.45, 7) is 0. The number of nitrogens with one attached hydrogen (secondary N) is 1. The number of furan rings is 1. The van der Waals surface area contributed by atoms with E-state index >= 15 is 0 Å². The van der Waals surface area contributed by atoms with E-state index in [4.69, 9.17) is 27.6 Å². The molecular weight excluding hydrogens is 309 g/mol. The minimum absolute atomic E-state index is 0.603. The lowest BCUT2D eigenvalue weighted by Crippen LogP contribution is -1.87. The van der Waals surface area contributed by atoms with E-state index in [0.29, 0.717) is 10.0 Å². The molecule has 0 spiro atoms. The molecular formula is C12H11Cl2NOS2. The molecule has 2 rings (SSSR count). The largest absolute Gasteiger partial charge is 0.466 e. The Morgan fingerprint density at radius 1 is 1.11 bits per heavy atom. The molecule has 0 unspecified atom stereocenters. The van der Waals surface area contributed by atoms with Gasteiger partial charge in [0.15, 0.2) is 0 Å². The molecule has 0 saturated heterocycles. The van der Waals surface area contributed by atoms with Crippen molar-refractivity contribution in [1.29, 1.82) is 0 Å². The van der Waals surface area contributed by atoms with Crippen molar-refractivity contribution in [1.82, 2.24) is 0 Å². The van der Waals surface area contributed by atoms with Crippen LogP contribution in [-0.4, -0.2) is 6.26 Å². The van der Waals surface area contributed by atoms with Crippen LogP contribution in [0.1, 0.15) is 5.76 Å². The second-order valence-electron chi connectivity index (χ2n) is 3.51. The minimum Gasteiger partial charge on any atom is -0.466 e. The van der Waals surface area contributed by atoms with E-state index in [9.17, 15) is 0 Å². The zero-order valence-corrected chi connectivity index (χ0v) is 12.7. The van der Waals surface area contributed by atoms with Crippen molar-refractivity contribution in [3.05, 3.63) is 46.3 Å². The summed E-state index contributed by atoms with van der Waals surface area (Å²) in [6.07, 6.45) is 3.73. The molecule has 1 N–H and O–H groups in total. The van der Waals surface area contributed by atoms with Gasteiger partial charge in [-0.3, -0.25) is 0 Å². The number of hydrogen-bond donors (Lipinski definition) is 1. The van der Waals surface area contributed by atoms with Crippen LogP contribution in [0.5, 0.6) is 0 Å². The summed E-state index contributed by atoms with van der Waals surface area (Å²) >= 11 is 11.9. The zero-order valence-electron chi connectivity index (χ0n) is 9.57. The van der Waals surface area contributed by atoms with Crippen LogP contribution in [0.4, 0.5) is 11.4 Å². The Balaban J connectivity index is 2.06. The van der Waals surface area contributed by atoms with Crippen molar-refractivity contribution in [2.75, 3.05) is 11.6 Å². The number of halogens is 2. The van der Waals surface area contributed by atoms with Crippen LogP contribution in [0.3, 0.4) is 0 Å². The van der Waals surface area contributed by atoms with Crippen molar-refractivity contribution in [3.8, 4) is 0 Å². The number of rotatable bonds is 5. The van der Waals surface area contributed by atoms with E-state index in [1.165, 1.54) is 0 Å². The standard InChI is InChI=1S/C12H11Cl2NOS2/c1-17-18-7-12-5-11(6-16-12)15-10-3-8(13)2-9(14)4-10/h2-6,15H,7H2,1H3. The van der Waals surface area contributed by atoms with Gasteiger partial charge < -0.3 is 9.73 Å². The fourth-order valence-corrected chi connectivity index (χ4v) is 3.04. The van der Waals surface area contributed by atoms with E-state index < -0.39 is 0 Å². The lowest BCUT2D eigenvalue weighted by molar-refractivity contribution is 0.531. The number of anilines is 2. The summed E-state index contributed by atoms with van der Waals surface area (Å²) in [6, 6.07) is 7.30. The average molecular weight is 320 g/mol. The topological polar surface area (TPSA) is 25.2 Å². The fourth-order valence-electron chi connectivity index (χ4n) is 1.43. The molecule has 18 heavy (non-hydrogen) atoms. The van der Waals surface area contributed by atoms with Crippen LogP contribution in [0.2, 0.25) is 10.0 Å². The normalized spacial score (nSPS) is 10.6. The average Bonchev–Trinajstić information content (AvgIpc) is 2.72. The van der Waals surface area contributed by atoms with Gasteiger partial charge in [0, 0.05) is 21.8 Å². The molecule has 0 aliphatic heterocycles. The quantitative estimate of drug-likeness (QED) is 0.700. The highest BCUT2D eigenvalue weighted by Crippen LogP contribution is 2.28. The van der Waals surface area contributed by atoms with Crippen LogP contribution in [0.25, 0.3) is 0 Å². The van der Waals surface area contributed by atoms with E-state index in [-0.39, 0.29) is 0 Å². The minimum atomic E-state index is 0.603. The first-order valence-electron chi connectivity index (χ1n) is 5.13. The van der Waals surface area contributed by atoms with E-state index in [2.05, 4.69) is 5.32 Å². The van der Waals surface area contributed by atoms with E-state index in [1.807, 2.05) is 24.5 Å². The van der Waals surface area contributed by atoms with Gasteiger partial charge in [0.2, 0.25) is 0 Å². The fraction of sp³-hybridized carbons (Fsp3) is 0.167. The summed E-state index contributed by atoms with van der Waals surface area (Å²) in [5.74, 6) is 1.78. The number of hydrogen-bond acceptors (Lipinski definition) is 4. The Kier molecular flexibility index (Phi) is 5.18. The third-order valence-electron chi connectivity index (χ3n) is 2.12. The maximum absolute atomic E-state index is 5.94. The van der Waals surface area contributed by atoms with Gasteiger partial charge in [-0.15, -0.1) is 0 Å². The molecule has 6 heteroatoms. The van der Waals surface area contributed by atoms with E-state index in [0.717, 1.165) is 22.9 Å². The molecule has 0 bridgehead atoms. The molecule has 1 aromatic carbocycles. The van der Waals surface area contributed by atoms with Crippen LogP contribution in [0.15, 0.2) is 34.9 Å². The zero-order chi connectivity index (χ0) is 13.0. The third-order valence-corrected chi connectivity index (χ3v) is 4.26. The van der Waals surface area contributed by atoms with Gasteiger partial charge in [-0.2, -0.15) is 0 Å². The molecule has 0 aliphatic rings. The second-order valence-corrected chi connectivity index (χ2v) is 6.95. The Hall–Kier alpha value is -0.420. The predicted octanol–water partition coefficient (Wildman–Crippen LogP) is 5.84. The van der Waals surface area contributed by atoms with Gasteiger partial charge in [0.25, 0.3) is 0 Å². The smallest absolute Gasteiger partial charge is 0.116 e. The van der Waals surface area contributed by atoms with Crippen molar-refractivity contribution >= 4 is 56.2 Å². The highest BCUT2D eigenvalue weighted by Gasteiger charge is 2.04. The summed E-state index contributed by atoms with van der Waals surface area (Å²) in [5.41, 5.74) is 1.74.